The van der Waals surface area contributed by atoms with Gasteiger partial charge in [-0.3, -0.25) is 9.69 Å². The molecule has 4 nitrogen and oxygen atoms in total. The summed E-state index contributed by atoms with van der Waals surface area (Å²) in [6, 6.07) is 6.52. The summed E-state index contributed by atoms with van der Waals surface area (Å²) in [5, 5.41) is 0. The number of nitrogen functional groups attached to an aromatic ring is 1. The lowest BCUT2D eigenvalue weighted by Gasteiger charge is -2.38. The van der Waals surface area contributed by atoms with Crippen molar-refractivity contribution in [1.82, 2.24) is 4.90 Å². The van der Waals surface area contributed by atoms with Crippen LogP contribution in [0.5, 0.6) is 5.75 Å². The second kappa shape index (κ2) is 8.34. The number of nitrogens with zero attached hydrogens (tertiary/aromatic N) is 1. The number of rotatable bonds is 7. The van der Waals surface area contributed by atoms with E-state index in [9.17, 15) is 4.79 Å². The van der Waals surface area contributed by atoms with Crippen LogP contribution in [-0.4, -0.2) is 35.9 Å². The fraction of sp³-hybridized carbons (Fsp3) is 0.632. The Labute approximate surface area is 140 Å². The number of Topliss-reactive ketones (excluding diaryl/α,β-unsaturated/α-hetero) is 1. The standard InChI is InChI=1S/C19H30N2O2/c1-4-12-23-19-9-8-16(13-17(19)20)18(22)10-11-21-14(2)6-5-7-15(21)3/h8-9,13-15H,4-7,10-12,20H2,1-3H3. The number of anilines is 1. The minimum absolute atomic E-state index is 0.156. The van der Waals surface area contributed by atoms with Crippen molar-refractivity contribution in [2.75, 3.05) is 18.9 Å². The molecule has 0 amide bonds. The lowest BCUT2D eigenvalue weighted by atomic mass is 9.96. The van der Waals surface area contributed by atoms with Crippen molar-refractivity contribution in [2.24, 2.45) is 0 Å². The SMILES string of the molecule is CCCOc1ccc(C(=O)CCN2C(C)CCCC2C)cc1N. The molecule has 1 aliphatic heterocycles. The third kappa shape index (κ3) is 4.71. The molecule has 23 heavy (non-hydrogen) atoms. The molecule has 0 aromatic heterocycles. The third-order valence-corrected chi connectivity index (χ3v) is 4.77. The smallest absolute Gasteiger partial charge is 0.164 e. The van der Waals surface area contributed by atoms with Gasteiger partial charge in [0.15, 0.2) is 5.78 Å². The van der Waals surface area contributed by atoms with E-state index in [2.05, 4.69) is 25.7 Å². The van der Waals surface area contributed by atoms with E-state index in [1.54, 1.807) is 6.07 Å². The number of ether oxygens (including phenoxy) is 1. The molecule has 2 atom stereocenters. The van der Waals surface area contributed by atoms with E-state index < -0.39 is 0 Å². The topological polar surface area (TPSA) is 55.6 Å². The molecule has 0 saturated carbocycles. The number of likely N-dealkylation sites (tertiary alicyclic amines) is 1. The Morgan fingerprint density at radius 2 is 2.00 bits per heavy atom. The number of benzene rings is 1. The zero-order chi connectivity index (χ0) is 16.8. The normalized spacial score (nSPS) is 22.0. The Balaban J connectivity index is 1.94. The monoisotopic (exact) mass is 318 g/mol. The van der Waals surface area contributed by atoms with E-state index in [4.69, 9.17) is 10.5 Å². The number of nitrogens with two attached hydrogens (primary N) is 1. The van der Waals surface area contributed by atoms with Crippen LogP contribution in [0, 0.1) is 0 Å². The first-order chi connectivity index (χ1) is 11.0. The van der Waals surface area contributed by atoms with Crippen LogP contribution in [0.1, 0.15) is 63.2 Å². The summed E-state index contributed by atoms with van der Waals surface area (Å²) in [6.45, 7) is 8.05. The highest BCUT2D eigenvalue weighted by Crippen LogP contribution is 2.25. The Kier molecular flexibility index (Phi) is 6.46. The highest BCUT2D eigenvalue weighted by atomic mass is 16.5. The minimum Gasteiger partial charge on any atom is -0.491 e. The van der Waals surface area contributed by atoms with Crippen molar-refractivity contribution in [3.8, 4) is 5.75 Å². The second-order valence-electron chi connectivity index (χ2n) is 6.64. The molecule has 2 unspecified atom stereocenters. The van der Waals surface area contributed by atoms with E-state index in [1.165, 1.54) is 19.3 Å². The second-order valence-corrected chi connectivity index (χ2v) is 6.64. The zero-order valence-corrected chi connectivity index (χ0v) is 14.7. The molecule has 1 aliphatic rings. The van der Waals surface area contributed by atoms with Gasteiger partial charge in [-0.1, -0.05) is 13.3 Å². The van der Waals surface area contributed by atoms with Gasteiger partial charge in [0, 0.05) is 30.6 Å². The van der Waals surface area contributed by atoms with Crippen LogP contribution in [0.25, 0.3) is 0 Å². The molecule has 1 aromatic rings. The van der Waals surface area contributed by atoms with Gasteiger partial charge in [0.05, 0.1) is 12.3 Å². The molecule has 1 fully saturated rings. The Morgan fingerprint density at radius 1 is 1.30 bits per heavy atom. The maximum absolute atomic E-state index is 12.5. The van der Waals surface area contributed by atoms with Crippen LogP contribution < -0.4 is 10.5 Å². The van der Waals surface area contributed by atoms with Crippen molar-refractivity contribution in [3.05, 3.63) is 23.8 Å². The van der Waals surface area contributed by atoms with Crippen molar-refractivity contribution in [2.45, 2.75) is 65.0 Å². The minimum atomic E-state index is 0.156. The van der Waals surface area contributed by atoms with E-state index >= 15 is 0 Å². The first kappa shape index (κ1) is 17.8. The number of ketones is 1. The summed E-state index contributed by atoms with van der Waals surface area (Å²) in [7, 11) is 0. The van der Waals surface area contributed by atoms with Gasteiger partial charge in [-0.05, 0) is 51.3 Å². The van der Waals surface area contributed by atoms with E-state index in [0.29, 0.717) is 42.1 Å². The molecule has 0 bridgehead atoms. The summed E-state index contributed by atoms with van der Waals surface area (Å²) in [6.07, 6.45) is 5.24. The van der Waals surface area contributed by atoms with E-state index in [0.717, 1.165) is 13.0 Å². The fourth-order valence-electron chi connectivity index (χ4n) is 3.36. The Hall–Kier alpha value is -1.55. The predicted molar refractivity (Wildman–Crippen MR) is 95.1 cm³/mol. The number of piperidine rings is 1. The maximum atomic E-state index is 12.5. The van der Waals surface area contributed by atoms with Crippen molar-refractivity contribution in [1.29, 1.82) is 0 Å². The van der Waals surface area contributed by atoms with Crippen molar-refractivity contribution in [3.63, 3.8) is 0 Å². The molecule has 0 radical (unpaired) electrons. The van der Waals surface area contributed by atoms with Gasteiger partial charge in [0.25, 0.3) is 0 Å². The summed E-state index contributed by atoms with van der Waals surface area (Å²) < 4.78 is 5.56. The largest absolute Gasteiger partial charge is 0.491 e. The van der Waals surface area contributed by atoms with Gasteiger partial charge in [-0.25, -0.2) is 0 Å². The average Bonchev–Trinajstić information content (AvgIpc) is 2.53. The molecule has 0 spiro atoms. The van der Waals surface area contributed by atoms with Crippen LogP contribution in [0.2, 0.25) is 0 Å². The molecule has 2 rings (SSSR count). The number of hydrogen-bond donors (Lipinski definition) is 1. The number of carbonyl (C=O) groups is 1. The van der Waals surface area contributed by atoms with E-state index in [-0.39, 0.29) is 5.78 Å². The first-order valence-corrected chi connectivity index (χ1v) is 8.84. The summed E-state index contributed by atoms with van der Waals surface area (Å²) >= 11 is 0. The van der Waals surface area contributed by atoms with Gasteiger partial charge in [-0.15, -0.1) is 0 Å². The highest BCUT2D eigenvalue weighted by molar-refractivity contribution is 5.97. The summed E-state index contributed by atoms with van der Waals surface area (Å²) in [5.41, 5.74) is 7.22. The molecule has 0 aliphatic carbocycles. The lowest BCUT2D eigenvalue weighted by Crippen LogP contribution is -2.44. The predicted octanol–water partition coefficient (Wildman–Crippen LogP) is 3.89. The summed E-state index contributed by atoms with van der Waals surface area (Å²) in [5.74, 6) is 0.824. The van der Waals surface area contributed by atoms with Crippen LogP contribution >= 0.6 is 0 Å². The molecule has 1 heterocycles. The molecule has 4 heteroatoms. The fourth-order valence-corrected chi connectivity index (χ4v) is 3.36. The first-order valence-electron chi connectivity index (χ1n) is 8.84. The van der Waals surface area contributed by atoms with Gasteiger partial charge in [0.1, 0.15) is 5.75 Å². The molecular weight excluding hydrogens is 288 g/mol. The van der Waals surface area contributed by atoms with Gasteiger partial charge in [-0.2, -0.15) is 0 Å². The molecular formula is C19H30N2O2. The molecule has 1 aromatic carbocycles. The van der Waals surface area contributed by atoms with Crippen LogP contribution in [0.3, 0.4) is 0 Å². The van der Waals surface area contributed by atoms with Crippen LogP contribution in [0.15, 0.2) is 18.2 Å². The molecule has 2 N–H and O–H groups in total. The van der Waals surface area contributed by atoms with Gasteiger partial charge < -0.3 is 10.5 Å². The zero-order valence-electron chi connectivity index (χ0n) is 14.7. The van der Waals surface area contributed by atoms with Crippen molar-refractivity contribution < 1.29 is 9.53 Å². The lowest BCUT2D eigenvalue weighted by molar-refractivity contribution is 0.0839. The molecule has 1 saturated heterocycles. The van der Waals surface area contributed by atoms with E-state index in [1.807, 2.05) is 12.1 Å². The maximum Gasteiger partial charge on any atom is 0.164 e. The number of carbonyl (C=O) groups excluding carboxylic acids is 1. The van der Waals surface area contributed by atoms with Crippen molar-refractivity contribution >= 4 is 11.5 Å². The van der Waals surface area contributed by atoms with Crippen LogP contribution in [-0.2, 0) is 0 Å². The number of hydrogen-bond acceptors (Lipinski definition) is 4. The Bertz CT molecular complexity index is 520. The highest BCUT2D eigenvalue weighted by Gasteiger charge is 2.24. The average molecular weight is 318 g/mol. The Morgan fingerprint density at radius 3 is 2.61 bits per heavy atom. The quantitative estimate of drug-likeness (QED) is 0.612. The summed E-state index contributed by atoms with van der Waals surface area (Å²) in [4.78, 5) is 14.9. The van der Waals surface area contributed by atoms with Gasteiger partial charge >= 0.3 is 0 Å². The van der Waals surface area contributed by atoms with Gasteiger partial charge in [0.2, 0.25) is 0 Å². The van der Waals surface area contributed by atoms with Crippen LogP contribution in [0.4, 0.5) is 5.69 Å². The third-order valence-electron chi connectivity index (χ3n) is 4.77. The molecule has 128 valence electrons.